The first-order valence-corrected chi connectivity index (χ1v) is 9.48. The number of aromatic nitrogens is 1. The highest BCUT2D eigenvalue weighted by atomic mass is 32.2. The minimum atomic E-state index is -3.94. The standard InChI is InChI=1S/C15H14BNO4S2/c1-22-14-9-5-8-13-12(14)10-15(16(18)19)17(13)23(20,21)11-6-3-2-4-7-11/h2-10,18-19H,1H3. The van der Waals surface area contributed by atoms with Crippen molar-refractivity contribution in [1.82, 2.24) is 3.97 Å². The van der Waals surface area contributed by atoms with E-state index < -0.39 is 17.1 Å². The predicted octanol–water partition coefficient (Wildman–Crippen LogP) is 1.28. The van der Waals surface area contributed by atoms with Crippen molar-refractivity contribution in [3.05, 3.63) is 54.6 Å². The van der Waals surface area contributed by atoms with Gasteiger partial charge in [0.15, 0.2) is 0 Å². The molecule has 0 saturated heterocycles. The number of benzene rings is 2. The van der Waals surface area contributed by atoms with Gasteiger partial charge in [0, 0.05) is 10.3 Å². The number of fused-ring (bicyclic) bond motifs is 1. The quantitative estimate of drug-likeness (QED) is 0.549. The first-order valence-electron chi connectivity index (χ1n) is 6.82. The van der Waals surface area contributed by atoms with Crippen LogP contribution < -0.4 is 5.59 Å². The largest absolute Gasteiger partial charge is 0.507 e. The van der Waals surface area contributed by atoms with Crippen LogP contribution in [0.4, 0.5) is 0 Å². The smallest absolute Gasteiger partial charge is 0.422 e. The highest BCUT2D eigenvalue weighted by molar-refractivity contribution is 7.98. The van der Waals surface area contributed by atoms with Crippen molar-refractivity contribution in [3.8, 4) is 0 Å². The van der Waals surface area contributed by atoms with Crippen LogP contribution in [0.15, 0.2) is 64.4 Å². The van der Waals surface area contributed by atoms with Gasteiger partial charge >= 0.3 is 7.12 Å². The highest BCUT2D eigenvalue weighted by Crippen LogP contribution is 2.28. The fourth-order valence-corrected chi connectivity index (χ4v) is 4.68. The van der Waals surface area contributed by atoms with E-state index in [4.69, 9.17) is 0 Å². The van der Waals surface area contributed by atoms with Crippen LogP contribution in [0.5, 0.6) is 0 Å². The van der Waals surface area contributed by atoms with Crippen LogP contribution in [0, 0.1) is 0 Å². The number of thioether (sulfide) groups is 1. The molecule has 118 valence electrons. The van der Waals surface area contributed by atoms with Gasteiger partial charge in [-0.3, -0.25) is 0 Å². The zero-order valence-electron chi connectivity index (χ0n) is 12.2. The molecule has 3 rings (SSSR count). The van der Waals surface area contributed by atoms with Crippen LogP contribution in [0.1, 0.15) is 0 Å². The molecule has 0 radical (unpaired) electrons. The summed E-state index contributed by atoms with van der Waals surface area (Å²) in [4.78, 5) is 0.959. The van der Waals surface area contributed by atoms with Crippen LogP contribution in [-0.4, -0.2) is 35.8 Å². The summed E-state index contributed by atoms with van der Waals surface area (Å²) in [5.74, 6) is 0. The molecule has 2 aromatic carbocycles. The van der Waals surface area contributed by atoms with Crippen LogP contribution in [0.25, 0.3) is 10.9 Å². The van der Waals surface area contributed by atoms with E-state index in [1.807, 2.05) is 12.3 Å². The van der Waals surface area contributed by atoms with Crippen molar-refractivity contribution in [3.63, 3.8) is 0 Å². The summed E-state index contributed by atoms with van der Waals surface area (Å²) in [6.45, 7) is 0. The second kappa shape index (κ2) is 6.05. The van der Waals surface area contributed by atoms with Gasteiger partial charge in [0.25, 0.3) is 10.0 Å². The first kappa shape index (κ1) is 16.1. The molecular formula is C15H14BNO4S2. The number of hydrogen-bond donors (Lipinski definition) is 2. The molecule has 3 aromatic rings. The molecular weight excluding hydrogens is 333 g/mol. The molecule has 23 heavy (non-hydrogen) atoms. The lowest BCUT2D eigenvalue weighted by Gasteiger charge is -2.11. The molecule has 8 heteroatoms. The second-order valence-corrected chi connectivity index (χ2v) is 7.55. The van der Waals surface area contributed by atoms with E-state index in [-0.39, 0.29) is 10.5 Å². The average molecular weight is 347 g/mol. The molecule has 0 bridgehead atoms. The van der Waals surface area contributed by atoms with Crippen molar-refractivity contribution in [2.75, 3.05) is 6.26 Å². The molecule has 0 amide bonds. The van der Waals surface area contributed by atoms with E-state index in [1.165, 1.54) is 30.0 Å². The average Bonchev–Trinajstić information content (AvgIpc) is 2.96. The Morgan fingerprint density at radius 3 is 2.35 bits per heavy atom. The number of rotatable bonds is 4. The van der Waals surface area contributed by atoms with Gasteiger partial charge in [0.2, 0.25) is 0 Å². The summed E-state index contributed by atoms with van der Waals surface area (Å²) in [5, 5.41) is 20.0. The maximum absolute atomic E-state index is 13.0. The summed E-state index contributed by atoms with van der Waals surface area (Å²) >= 11 is 1.47. The van der Waals surface area contributed by atoms with Crippen LogP contribution in [-0.2, 0) is 10.0 Å². The zero-order valence-corrected chi connectivity index (χ0v) is 13.9. The number of hydrogen-bond acceptors (Lipinski definition) is 5. The second-order valence-electron chi connectivity index (χ2n) is 4.92. The Bertz CT molecular complexity index is 952. The lowest BCUT2D eigenvalue weighted by Crippen LogP contribution is -2.38. The highest BCUT2D eigenvalue weighted by Gasteiger charge is 2.28. The predicted molar refractivity (Wildman–Crippen MR) is 92.6 cm³/mol. The van der Waals surface area contributed by atoms with Crippen molar-refractivity contribution in [2.24, 2.45) is 0 Å². The van der Waals surface area contributed by atoms with E-state index in [0.29, 0.717) is 10.9 Å². The molecule has 0 aliphatic carbocycles. The van der Waals surface area contributed by atoms with Gasteiger partial charge in [-0.1, -0.05) is 24.3 Å². The van der Waals surface area contributed by atoms with Crippen molar-refractivity contribution < 1.29 is 18.5 Å². The fraction of sp³-hybridized carbons (Fsp3) is 0.0667. The lowest BCUT2D eigenvalue weighted by atomic mass is 9.86. The van der Waals surface area contributed by atoms with Gasteiger partial charge in [-0.25, -0.2) is 12.4 Å². The summed E-state index contributed by atoms with van der Waals surface area (Å²) in [7, 11) is -5.83. The first-order chi connectivity index (χ1) is 11.0. The van der Waals surface area contributed by atoms with Crippen molar-refractivity contribution in [1.29, 1.82) is 0 Å². The van der Waals surface area contributed by atoms with Crippen LogP contribution in [0.3, 0.4) is 0 Å². The molecule has 1 heterocycles. The monoisotopic (exact) mass is 347 g/mol. The summed E-state index contributed by atoms with van der Waals surface area (Å²) in [6.07, 6.45) is 1.88. The van der Waals surface area contributed by atoms with Crippen molar-refractivity contribution in [2.45, 2.75) is 9.79 Å². The molecule has 0 saturated carbocycles. The van der Waals surface area contributed by atoms with Gasteiger partial charge < -0.3 is 10.0 Å². The normalized spacial score (nSPS) is 11.8. The Morgan fingerprint density at radius 2 is 1.74 bits per heavy atom. The molecule has 0 aliphatic heterocycles. The molecule has 0 unspecified atom stereocenters. The van der Waals surface area contributed by atoms with E-state index in [0.717, 1.165) is 8.87 Å². The maximum Gasteiger partial charge on any atom is 0.507 e. The topological polar surface area (TPSA) is 79.5 Å². The van der Waals surface area contributed by atoms with Gasteiger partial charge in [-0.15, -0.1) is 11.8 Å². The molecule has 0 aliphatic rings. The van der Waals surface area contributed by atoms with E-state index in [1.54, 1.807) is 30.3 Å². The Labute approximate surface area is 138 Å². The van der Waals surface area contributed by atoms with Gasteiger partial charge in [0.05, 0.1) is 16.0 Å². The third-order valence-electron chi connectivity index (χ3n) is 3.55. The third-order valence-corrected chi connectivity index (χ3v) is 6.11. The lowest BCUT2D eigenvalue weighted by molar-refractivity contribution is 0.423. The van der Waals surface area contributed by atoms with Crippen LogP contribution in [0.2, 0.25) is 0 Å². The molecule has 5 nitrogen and oxygen atoms in total. The summed E-state index contributed by atoms with van der Waals surface area (Å²) < 4.78 is 26.9. The Balaban J connectivity index is 2.39. The number of nitrogens with zero attached hydrogens (tertiary/aromatic N) is 1. The molecule has 0 spiro atoms. The van der Waals surface area contributed by atoms with Gasteiger partial charge in [0.1, 0.15) is 0 Å². The minimum absolute atomic E-state index is 0.0784. The SMILES string of the molecule is CSc1cccc2c1cc(B(O)O)n2S(=O)(=O)c1ccccc1. The fourth-order valence-electron chi connectivity index (χ4n) is 2.52. The summed E-state index contributed by atoms with van der Waals surface area (Å²) in [6, 6.07) is 14.7. The van der Waals surface area contributed by atoms with Crippen molar-refractivity contribution >= 4 is 45.4 Å². The van der Waals surface area contributed by atoms with E-state index in [2.05, 4.69) is 0 Å². The van der Waals surface area contributed by atoms with Gasteiger partial charge in [-0.05, 0) is 36.6 Å². The zero-order chi connectivity index (χ0) is 16.6. The molecule has 1 aromatic heterocycles. The van der Waals surface area contributed by atoms with Gasteiger partial charge in [-0.2, -0.15) is 0 Å². The Morgan fingerprint density at radius 1 is 1.04 bits per heavy atom. The maximum atomic E-state index is 13.0. The van der Waals surface area contributed by atoms with E-state index >= 15 is 0 Å². The van der Waals surface area contributed by atoms with E-state index in [9.17, 15) is 18.5 Å². The van der Waals surface area contributed by atoms with Crippen LogP contribution >= 0.6 is 11.8 Å². The third kappa shape index (κ3) is 2.68. The minimum Gasteiger partial charge on any atom is -0.422 e. The molecule has 0 fully saturated rings. The Kier molecular flexibility index (Phi) is 4.24. The Hall–Kier alpha value is -1.74. The molecule has 2 N–H and O–H groups in total. The summed E-state index contributed by atoms with van der Waals surface area (Å²) in [5.41, 5.74) is 0.342. The molecule has 0 atom stereocenters.